The first-order valence-electron chi connectivity index (χ1n) is 6.11. The molecule has 0 aliphatic heterocycles. The zero-order valence-corrected chi connectivity index (χ0v) is 10.4. The van der Waals surface area contributed by atoms with Crippen LogP contribution in [0.3, 0.4) is 0 Å². The minimum atomic E-state index is 0.571. The smallest absolute Gasteiger partial charge is 0.119 e. The molecule has 16 heavy (non-hydrogen) atoms. The normalized spacial score (nSPS) is 15.5. The molecule has 0 heterocycles. The van der Waals surface area contributed by atoms with E-state index in [-0.39, 0.29) is 0 Å². The van der Waals surface area contributed by atoms with Crippen molar-refractivity contribution in [1.29, 1.82) is 0 Å². The second-order valence-corrected chi connectivity index (χ2v) is 4.87. The number of ether oxygens (including phenoxy) is 1. The average Bonchev–Trinajstić information content (AvgIpc) is 3.09. The minimum Gasteiger partial charge on any atom is -0.497 e. The fourth-order valence-electron chi connectivity index (χ4n) is 1.97. The van der Waals surface area contributed by atoms with E-state index in [1.54, 1.807) is 7.11 Å². The summed E-state index contributed by atoms with van der Waals surface area (Å²) >= 11 is 0. The predicted molar refractivity (Wildman–Crippen MR) is 66.9 cm³/mol. The fourth-order valence-corrected chi connectivity index (χ4v) is 1.97. The van der Waals surface area contributed by atoms with E-state index in [9.17, 15) is 0 Å². The summed E-state index contributed by atoms with van der Waals surface area (Å²) in [5.41, 5.74) is 2.80. The maximum absolute atomic E-state index is 5.28. The SMILES string of the molecule is COc1ccc(C(C)C)c(CNC2CC2)c1. The third kappa shape index (κ3) is 2.76. The number of nitrogens with one attached hydrogen (secondary N) is 1. The largest absolute Gasteiger partial charge is 0.497 e. The number of hydrogen-bond acceptors (Lipinski definition) is 2. The Morgan fingerprint density at radius 3 is 2.69 bits per heavy atom. The van der Waals surface area contributed by atoms with Crippen LogP contribution in [0.25, 0.3) is 0 Å². The average molecular weight is 219 g/mol. The van der Waals surface area contributed by atoms with Crippen molar-refractivity contribution in [2.24, 2.45) is 0 Å². The second-order valence-electron chi connectivity index (χ2n) is 4.87. The summed E-state index contributed by atoms with van der Waals surface area (Å²) in [5.74, 6) is 1.53. The highest BCUT2D eigenvalue weighted by Gasteiger charge is 2.20. The van der Waals surface area contributed by atoms with Crippen molar-refractivity contribution in [3.05, 3.63) is 29.3 Å². The van der Waals surface area contributed by atoms with Crippen LogP contribution >= 0.6 is 0 Å². The van der Waals surface area contributed by atoms with Gasteiger partial charge in [-0.3, -0.25) is 0 Å². The fraction of sp³-hybridized carbons (Fsp3) is 0.571. The summed E-state index contributed by atoms with van der Waals surface area (Å²) in [6.45, 7) is 5.44. The monoisotopic (exact) mass is 219 g/mol. The van der Waals surface area contributed by atoms with Gasteiger partial charge in [-0.05, 0) is 42.0 Å². The van der Waals surface area contributed by atoms with E-state index in [1.165, 1.54) is 24.0 Å². The number of hydrogen-bond donors (Lipinski definition) is 1. The molecule has 0 bridgehead atoms. The molecule has 1 aliphatic carbocycles. The van der Waals surface area contributed by atoms with E-state index in [0.717, 1.165) is 18.3 Å². The first-order chi connectivity index (χ1) is 7.70. The Morgan fingerprint density at radius 2 is 2.12 bits per heavy atom. The van der Waals surface area contributed by atoms with Crippen molar-refractivity contribution < 1.29 is 4.74 Å². The van der Waals surface area contributed by atoms with Gasteiger partial charge in [0.25, 0.3) is 0 Å². The Labute approximate surface area is 98.0 Å². The number of methoxy groups -OCH3 is 1. The molecule has 0 atom stereocenters. The van der Waals surface area contributed by atoms with Crippen molar-refractivity contribution in [3.63, 3.8) is 0 Å². The molecule has 1 aromatic rings. The lowest BCUT2D eigenvalue weighted by molar-refractivity contribution is 0.413. The summed E-state index contributed by atoms with van der Waals surface area (Å²) in [5, 5.41) is 3.56. The quantitative estimate of drug-likeness (QED) is 0.821. The van der Waals surface area contributed by atoms with Gasteiger partial charge in [0, 0.05) is 12.6 Å². The molecule has 0 aromatic heterocycles. The van der Waals surface area contributed by atoms with Crippen LogP contribution in [0, 0.1) is 0 Å². The van der Waals surface area contributed by atoms with Gasteiger partial charge in [-0.1, -0.05) is 19.9 Å². The third-order valence-electron chi connectivity index (χ3n) is 3.13. The third-order valence-corrected chi connectivity index (χ3v) is 3.13. The molecule has 88 valence electrons. The standard InChI is InChI=1S/C14H21NO/c1-10(2)14-7-6-13(16-3)8-11(14)9-15-12-4-5-12/h6-8,10,12,15H,4-5,9H2,1-3H3. The van der Waals surface area contributed by atoms with Crippen molar-refractivity contribution in [2.75, 3.05) is 7.11 Å². The summed E-state index contributed by atoms with van der Waals surface area (Å²) in [6, 6.07) is 7.15. The maximum Gasteiger partial charge on any atom is 0.119 e. The molecular weight excluding hydrogens is 198 g/mol. The Hall–Kier alpha value is -1.02. The van der Waals surface area contributed by atoms with Crippen LogP contribution in [0.4, 0.5) is 0 Å². The molecule has 0 spiro atoms. The summed E-state index contributed by atoms with van der Waals surface area (Å²) in [4.78, 5) is 0. The molecule has 1 aromatic carbocycles. The molecule has 2 heteroatoms. The molecule has 0 saturated heterocycles. The number of benzene rings is 1. The molecule has 1 aliphatic rings. The zero-order valence-electron chi connectivity index (χ0n) is 10.4. The molecule has 1 fully saturated rings. The van der Waals surface area contributed by atoms with Crippen LogP contribution in [-0.4, -0.2) is 13.2 Å². The van der Waals surface area contributed by atoms with Crippen LogP contribution in [-0.2, 0) is 6.54 Å². The van der Waals surface area contributed by atoms with E-state index >= 15 is 0 Å². The molecule has 0 amide bonds. The van der Waals surface area contributed by atoms with Crippen molar-refractivity contribution in [1.82, 2.24) is 5.32 Å². The van der Waals surface area contributed by atoms with Gasteiger partial charge in [-0.15, -0.1) is 0 Å². The number of rotatable bonds is 5. The molecule has 2 rings (SSSR count). The van der Waals surface area contributed by atoms with Gasteiger partial charge >= 0.3 is 0 Å². The Balaban J connectivity index is 2.14. The zero-order chi connectivity index (χ0) is 11.5. The summed E-state index contributed by atoms with van der Waals surface area (Å²) in [7, 11) is 1.72. The van der Waals surface area contributed by atoms with Gasteiger partial charge in [-0.25, -0.2) is 0 Å². The molecule has 2 nitrogen and oxygen atoms in total. The van der Waals surface area contributed by atoms with Crippen LogP contribution in [0.2, 0.25) is 0 Å². The van der Waals surface area contributed by atoms with E-state index < -0.39 is 0 Å². The van der Waals surface area contributed by atoms with Crippen molar-refractivity contribution in [3.8, 4) is 5.75 Å². The van der Waals surface area contributed by atoms with Crippen LogP contribution in [0.15, 0.2) is 18.2 Å². The Morgan fingerprint density at radius 1 is 1.38 bits per heavy atom. The van der Waals surface area contributed by atoms with E-state index in [0.29, 0.717) is 5.92 Å². The second kappa shape index (κ2) is 4.88. The van der Waals surface area contributed by atoms with Crippen molar-refractivity contribution in [2.45, 2.75) is 45.2 Å². The highest BCUT2D eigenvalue weighted by atomic mass is 16.5. The van der Waals surface area contributed by atoms with Crippen molar-refractivity contribution >= 4 is 0 Å². The van der Waals surface area contributed by atoms with E-state index in [2.05, 4.69) is 37.4 Å². The lowest BCUT2D eigenvalue weighted by atomic mass is 9.97. The Bertz CT molecular complexity index is 356. The van der Waals surface area contributed by atoms with Gasteiger partial charge in [-0.2, -0.15) is 0 Å². The molecular formula is C14H21NO. The van der Waals surface area contributed by atoms with Crippen LogP contribution < -0.4 is 10.1 Å². The highest BCUT2D eigenvalue weighted by Crippen LogP contribution is 2.25. The van der Waals surface area contributed by atoms with E-state index in [1.807, 2.05) is 0 Å². The van der Waals surface area contributed by atoms with Gasteiger partial charge in [0.15, 0.2) is 0 Å². The van der Waals surface area contributed by atoms with Crippen LogP contribution in [0.1, 0.15) is 43.7 Å². The Kier molecular flexibility index (Phi) is 3.49. The molecule has 0 unspecified atom stereocenters. The van der Waals surface area contributed by atoms with Crippen LogP contribution in [0.5, 0.6) is 5.75 Å². The molecule has 1 saturated carbocycles. The molecule has 0 radical (unpaired) electrons. The predicted octanol–water partition coefficient (Wildman–Crippen LogP) is 3.07. The van der Waals surface area contributed by atoms with Gasteiger partial charge in [0.1, 0.15) is 5.75 Å². The highest BCUT2D eigenvalue weighted by molar-refractivity contribution is 5.37. The summed E-state index contributed by atoms with van der Waals surface area (Å²) < 4.78 is 5.28. The first-order valence-corrected chi connectivity index (χ1v) is 6.11. The van der Waals surface area contributed by atoms with Gasteiger partial charge < -0.3 is 10.1 Å². The topological polar surface area (TPSA) is 21.3 Å². The first kappa shape index (κ1) is 11.5. The lowest BCUT2D eigenvalue weighted by Gasteiger charge is -2.14. The minimum absolute atomic E-state index is 0.571. The van der Waals surface area contributed by atoms with E-state index in [4.69, 9.17) is 4.74 Å². The van der Waals surface area contributed by atoms with Gasteiger partial charge in [0.2, 0.25) is 0 Å². The molecule has 1 N–H and O–H groups in total. The van der Waals surface area contributed by atoms with Gasteiger partial charge in [0.05, 0.1) is 7.11 Å². The summed E-state index contributed by atoms with van der Waals surface area (Å²) in [6.07, 6.45) is 2.67. The lowest BCUT2D eigenvalue weighted by Crippen LogP contribution is -2.16. The maximum atomic E-state index is 5.28.